The van der Waals surface area contributed by atoms with Gasteiger partial charge in [0.1, 0.15) is 18.0 Å². The molecule has 0 bridgehead atoms. The van der Waals surface area contributed by atoms with E-state index in [4.69, 9.17) is 4.74 Å². The van der Waals surface area contributed by atoms with Crippen molar-refractivity contribution in [3.8, 4) is 16.9 Å². The van der Waals surface area contributed by atoms with Crippen molar-refractivity contribution in [1.29, 1.82) is 0 Å². The van der Waals surface area contributed by atoms with Gasteiger partial charge in [-0.2, -0.15) is 0 Å². The predicted molar refractivity (Wildman–Crippen MR) is 96.1 cm³/mol. The van der Waals surface area contributed by atoms with Gasteiger partial charge >= 0.3 is 0 Å². The first kappa shape index (κ1) is 14.7. The Bertz CT molecular complexity index is 848. The van der Waals surface area contributed by atoms with Crippen LogP contribution in [-0.4, -0.2) is 11.7 Å². The van der Waals surface area contributed by atoms with Crippen LogP contribution in [0.5, 0.6) is 5.75 Å². The Kier molecular flexibility index (Phi) is 3.47. The van der Waals surface area contributed by atoms with Gasteiger partial charge in [-0.25, -0.2) is 0 Å². The third kappa shape index (κ3) is 2.08. The highest BCUT2D eigenvalue weighted by Crippen LogP contribution is 2.50. The van der Waals surface area contributed by atoms with Crippen LogP contribution in [0.1, 0.15) is 16.7 Å². The molecule has 2 nitrogen and oxygen atoms in total. The summed E-state index contributed by atoms with van der Waals surface area (Å²) >= 11 is 0. The zero-order valence-corrected chi connectivity index (χ0v) is 13.3. The lowest BCUT2D eigenvalue weighted by molar-refractivity contribution is 0.130. The first-order valence-electron chi connectivity index (χ1n) is 8.01. The summed E-state index contributed by atoms with van der Waals surface area (Å²) in [6.45, 7) is 4.12. The maximum absolute atomic E-state index is 11.7. The normalized spacial score (nSPS) is 13.9. The molecule has 0 radical (unpaired) electrons. The van der Waals surface area contributed by atoms with E-state index in [9.17, 15) is 5.11 Å². The molecule has 0 saturated heterocycles. The van der Waals surface area contributed by atoms with Gasteiger partial charge in [-0.3, -0.25) is 0 Å². The van der Waals surface area contributed by atoms with Gasteiger partial charge in [0.25, 0.3) is 0 Å². The molecular weight excluding hydrogens is 296 g/mol. The van der Waals surface area contributed by atoms with E-state index in [2.05, 4.69) is 18.7 Å². The predicted octanol–water partition coefficient (Wildman–Crippen LogP) is 4.52. The lowest BCUT2D eigenvalue weighted by Gasteiger charge is -2.26. The molecule has 118 valence electrons. The maximum Gasteiger partial charge on any atom is 0.141 e. The van der Waals surface area contributed by atoms with Crippen LogP contribution < -0.4 is 4.74 Å². The van der Waals surface area contributed by atoms with E-state index >= 15 is 0 Å². The molecule has 0 fully saturated rings. The molecule has 0 unspecified atom stereocenters. The lowest BCUT2D eigenvalue weighted by atomic mass is 9.84. The van der Waals surface area contributed by atoms with Crippen molar-refractivity contribution in [3.05, 3.63) is 102 Å². The number of aliphatic hydroxyl groups is 1. The molecule has 3 aromatic rings. The zero-order chi connectivity index (χ0) is 16.6. The molecule has 0 atom stereocenters. The molecule has 0 amide bonds. The second kappa shape index (κ2) is 5.66. The molecule has 1 aliphatic carbocycles. The van der Waals surface area contributed by atoms with Crippen molar-refractivity contribution in [2.24, 2.45) is 0 Å². The van der Waals surface area contributed by atoms with Crippen LogP contribution in [0, 0.1) is 0 Å². The number of hydrogen-bond donors (Lipinski definition) is 1. The van der Waals surface area contributed by atoms with Crippen molar-refractivity contribution in [3.63, 3.8) is 0 Å². The molecule has 0 aliphatic heterocycles. The summed E-state index contributed by atoms with van der Waals surface area (Å²) in [6.07, 6.45) is 1.71. The van der Waals surface area contributed by atoms with Gasteiger partial charge in [0.2, 0.25) is 0 Å². The van der Waals surface area contributed by atoms with Crippen LogP contribution in [0.25, 0.3) is 11.1 Å². The number of benzene rings is 3. The highest BCUT2D eigenvalue weighted by Gasteiger charge is 2.42. The SMILES string of the molecule is C=CCOc1ccc(C2(O)c3ccccc3-c3ccccc32)cc1. The molecule has 4 rings (SSSR count). The first-order chi connectivity index (χ1) is 11.7. The maximum atomic E-state index is 11.7. The lowest BCUT2D eigenvalue weighted by Crippen LogP contribution is -2.26. The second-order valence-electron chi connectivity index (χ2n) is 5.93. The summed E-state index contributed by atoms with van der Waals surface area (Å²) in [4.78, 5) is 0. The van der Waals surface area contributed by atoms with Crippen molar-refractivity contribution >= 4 is 0 Å². The fraction of sp³-hybridized carbons (Fsp3) is 0.0909. The van der Waals surface area contributed by atoms with Gasteiger partial charge < -0.3 is 9.84 Å². The molecule has 24 heavy (non-hydrogen) atoms. The third-order valence-corrected chi connectivity index (χ3v) is 4.56. The van der Waals surface area contributed by atoms with E-state index in [0.717, 1.165) is 33.6 Å². The molecular formula is C22H18O2. The monoisotopic (exact) mass is 314 g/mol. The van der Waals surface area contributed by atoms with E-state index in [1.165, 1.54) is 0 Å². The zero-order valence-electron chi connectivity index (χ0n) is 13.3. The Hall–Kier alpha value is -2.84. The van der Waals surface area contributed by atoms with Crippen LogP contribution in [0.3, 0.4) is 0 Å². The summed E-state index contributed by atoms with van der Waals surface area (Å²) in [6, 6.07) is 23.7. The summed E-state index contributed by atoms with van der Waals surface area (Å²) < 4.78 is 5.54. The molecule has 0 heterocycles. The van der Waals surface area contributed by atoms with E-state index in [-0.39, 0.29) is 0 Å². The largest absolute Gasteiger partial charge is 0.490 e. The van der Waals surface area contributed by atoms with Gasteiger partial charge in [-0.15, -0.1) is 0 Å². The summed E-state index contributed by atoms with van der Waals surface area (Å²) in [5, 5.41) is 11.7. The number of ether oxygens (including phenoxy) is 1. The highest BCUT2D eigenvalue weighted by atomic mass is 16.5. The standard InChI is InChI=1S/C22H18O2/c1-2-15-24-17-13-11-16(12-14-17)22(23)20-9-5-3-7-18(20)19-8-4-6-10-21(19)22/h2-14,23H,1,15H2. The Morgan fingerprint density at radius 1 is 0.833 bits per heavy atom. The Morgan fingerprint density at radius 3 is 1.92 bits per heavy atom. The summed E-state index contributed by atoms with van der Waals surface area (Å²) in [5.41, 5.74) is 3.72. The number of rotatable bonds is 4. The van der Waals surface area contributed by atoms with Crippen molar-refractivity contribution in [1.82, 2.24) is 0 Å². The van der Waals surface area contributed by atoms with Gasteiger partial charge in [0, 0.05) is 11.1 Å². The molecule has 1 aliphatic rings. The van der Waals surface area contributed by atoms with Crippen LogP contribution in [-0.2, 0) is 5.60 Å². The number of hydrogen-bond acceptors (Lipinski definition) is 2. The molecule has 0 saturated carbocycles. The van der Waals surface area contributed by atoms with Crippen molar-refractivity contribution in [2.75, 3.05) is 6.61 Å². The minimum atomic E-state index is -1.13. The van der Waals surface area contributed by atoms with E-state index in [0.29, 0.717) is 6.61 Å². The molecule has 2 heteroatoms. The van der Waals surface area contributed by atoms with Crippen LogP contribution >= 0.6 is 0 Å². The minimum absolute atomic E-state index is 0.468. The average Bonchev–Trinajstić information content (AvgIpc) is 2.91. The van der Waals surface area contributed by atoms with Crippen LogP contribution in [0.15, 0.2) is 85.5 Å². The summed E-state index contributed by atoms with van der Waals surface area (Å²) in [5.74, 6) is 0.766. The fourth-order valence-corrected chi connectivity index (χ4v) is 3.47. The summed E-state index contributed by atoms with van der Waals surface area (Å²) in [7, 11) is 0. The molecule has 0 aromatic heterocycles. The average molecular weight is 314 g/mol. The van der Waals surface area contributed by atoms with Crippen LogP contribution in [0.2, 0.25) is 0 Å². The molecule has 1 N–H and O–H groups in total. The van der Waals surface area contributed by atoms with E-state index in [1.807, 2.05) is 60.7 Å². The Morgan fingerprint density at radius 2 is 1.38 bits per heavy atom. The molecule has 3 aromatic carbocycles. The van der Waals surface area contributed by atoms with E-state index in [1.54, 1.807) is 6.08 Å². The fourth-order valence-electron chi connectivity index (χ4n) is 3.47. The second-order valence-corrected chi connectivity index (χ2v) is 5.93. The van der Waals surface area contributed by atoms with Crippen LogP contribution in [0.4, 0.5) is 0 Å². The third-order valence-electron chi connectivity index (χ3n) is 4.56. The van der Waals surface area contributed by atoms with E-state index < -0.39 is 5.60 Å². The van der Waals surface area contributed by atoms with Crippen molar-refractivity contribution in [2.45, 2.75) is 5.60 Å². The Labute approximate surface area is 141 Å². The van der Waals surface area contributed by atoms with Gasteiger partial charge in [0.15, 0.2) is 0 Å². The first-order valence-corrected chi connectivity index (χ1v) is 8.01. The van der Waals surface area contributed by atoms with Crippen molar-refractivity contribution < 1.29 is 9.84 Å². The quantitative estimate of drug-likeness (QED) is 0.718. The van der Waals surface area contributed by atoms with Gasteiger partial charge in [-0.1, -0.05) is 73.3 Å². The van der Waals surface area contributed by atoms with Gasteiger partial charge in [0.05, 0.1) is 0 Å². The Balaban J connectivity index is 1.86. The number of fused-ring (bicyclic) bond motifs is 3. The minimum Gasteiger partial charge on any atom is -0.490 e. The van der Waals surface area contributed by atoms with Gasteiger partial charge in [-0.05, 0) is 28.8 Å². The topological polar surface area (TPSA) is 29.5 Å². The smallest absolute Gasteiger partial charge is 0.141 e. The molecule has 0 spiro atoms. The highest BCUT2D eigenvalue weighted by molar-refractivity contribution is 5.82.